The van der Waals surface area contributed by atoms with Crippen molar-refractivity contribution in [1.82, 2.24) is 0 Å². The standard InChI is InChI=1S/C15H21BrO2/c1-18-13-6-7-14(16)12(10-13)11-15(17)8-4-2-3-5-9-15/h6-7,10,17H,2-5,8-9,11H2,1H3. The van der Waals surface area contributed by atoms with Crippen LogP contribution in [0.5, 0.6) is 5.75 Å². The zero-order valence-electron chi connectivity index (χ0n) is 10.9. The van der Waals surface area contributed by atoms with Crippen molar-refractivity contribution in [2.45, 2.75) is 50.5 Å². The zero-order valence-corrected chi connectivity index (χ0v) is 12.5. The Morgan fingerprint density at radius 1 is 1.22 bits per heavy atom. The lowest BCUT2D eigenvalue weighted by atomic mass is 9.87. The molecule has 1 aliphatic carbocycles. The van der Waals surface area contributed by atoms with Crippen molar-refractivity contribution in [3.63, 3.8) is 0 Å². The molecule has 1 aromatic carbocycles. The summed E-state index contributed by atoms with van der Waals surface area (Å²) in [7, 11) is 1.67. The Balaban J connectivity index is 2.16. The Bertz CT molecular complexity index is 395. The van der Waals surface area contributed by atoms with E-state index in [1.165, 1.54) is 12.8 Å². The highest BCUT2D eigenvalue weighted by atomic mass is 79.9. The number of ether oxygens (including phenoxy) is 1. The van der Waals surface area contributed by atoms with Gasteiger partial charge < -0.3 is 9.84 Å². The molecule has 0 unspecified atom stereocenters. The molecule has 0 aromatic heterocycles. The fourth-order valence-corrected chi connectivity index (χ4v) is 3.12. The van der Waals surface area contributed by atoms with Crippen LogP contribution >= 0.6 is 15.9 Å². The molecule has 0 saturated heterocycles. The summed E-state index contributed by atoms with van der Waals surface area (Å²) in [6, 6.07) is 5.95. The van der Waals surface area contributed by atoms with E-state index in [9.17, 15) is 5.11 Å². The zero-order chi connectivity index (χ0) is 13.0. The highest BCUT2D eigenvalue weighted by molar-refractivity contribution is 9.10. The number of hydrogen-bond acceptors (Lipinski definition) is 2. The van der Waals surface area contributed by atoms with Crippen LogP contribution in [0.2, 0.25) is 0 Å². The predicted octanol–water partition coefficient (Wildman–Crippen LogP) is 4.09. The maximum absolute atomic E-state index is 10.7. The minimum absolute atomic E-state index is 0.536. The second-order valence-corrected chi connectivity index (χ2v) is 6.13. The van der Waals surface area contributed by atoms with E-state index in [1.807, 2.05) is 18.2 Å². The third kappa shape index (κ3) is 3.48. The number of benzene rings is 1. The van der Waals surface area contributed by atoms with Crippen LogP contribution in [-0.4, -0.2) is 17.8 Å². The molecule has 1 saturated carbocycles. The summed E-state index contributed by atoms with van der Waals surface area (Å²) in [6.45, 7) is 0. The van der Waals surface area contributed by atoms with Crippen LogP contribution in [0.4, 0.5) is 0 Å². The average Bonchev–Trinajstić information content (AvgIpc) is 2.57. The van der Waals surface area contributed by atoms with Gasteiger partial charge in [-0.1, -0.05) is 41.6 Å². The molecule has 18 heavy (non-hydrogen) atoms. The van der Waals surface area contributed by atoms with Crippen LogP contribution in [0.1, 0.15) is 44.1 Å². The fraction of sp³-hybridized carbons (Fsp3) is 0.600. The van der Waals surface area contributed by atoms with Gasteiger partial charge in [-0.15, -0.1) is 0 Å². The van der Waals surface area contributed by atoms with E-state index in [0.717, 1.165) is 41.5 Å². The molecule has 3 heteroatoms. The van der Waals surface area contributed by atoms with E-state index >= 15 is 0 Å². The van der Waals surface area contributed by atoms with Gasteiger partial charge in [0, 0.05) is 10.9 Å². The van der Waals surface area contributed by atoms with Crippen molar-refractivity contribution in [3.8, 4) is 5.75 Å². The number of aliphatic hydroxyl groups is 1. The molecule has 1 N–H and O–H groups in total. The van der Waals surface area contributed by atoms with Gasteiger partial charge in [-0.3, -0.25) is 0 Å². The lowest BCUT2D eigenvalue weighted by Gasteiger charge is -2.27. The summed E-state index contributed by atoms with van der Waals surface area (Å²) in [5, 5.41) is 10.7. The van der Waals surface area contributed by atoms with Crippen molar-refractivity contribution in [2.24, 2.45) is 0 Å². The highest BCUT2D eigenvalue weighted by Crippen LogP contribution is 2.33. The first-order valence-corrected chi connectivity index (χ1v) is 7.47. The fourth-order valence-electron chi connectivity index (χ4n) is 2.73. The molecule has 0 spiro atoms. The third-order valence-corrected chi connectivity index (χ3v) is 4.58. The molecule has 2 rings (SSSR count). The maximum Gasteiger partial charge on any atom is 0.119 e. The number of methoxy groups -OCH3 is 1. The van der Waals surface area contributed by atoms with Gasteiger partial charge >= 0.3 is 0 Å². The Morgan fingerprint density at radius 2 is 1.89 bits per heavy atom. The van der Waals surface area contributed by atoms with E-state index in [2.05, 4.69) is 15.9 Å². The molecule has 2 nitrogen and oxygen atoms in total. The number of halogens is 1. The summed E-state index contributed by atoms with van der Waals surface area (Å²) < 4.78 is 6.31. The van der Waals surface area contributed by atoms with Gasteiger partial charge in [0.1, 0.15) is 5.75 Å². The van der Waals surface area contributed by atoms with E-state index in [4.69, 9.17) is 4.74 Å². The molecule has 0 atom stereocenters. The van der Waals surface area contributed by atoms with Crippen LogP contribution < -0.4 is 4.74 Å². The maximum atomic E-state index is 10.7. The van der Waals surface area contributed by atoms with Gasteiger partial charge in [0.2, 0.25) is 0 Å². The number of hydrogen-bond donors (Lipinski definition) is 1. The molecule has 1 fully saturated rings. The Hall–Kier alpha value is -0.540. The SMILES string of the molecule is COc1ccc(Br)c(CC2(O)CCCCCC2)c1. The van der Waals surface area contributed by atoms with Crippen molar-refractivity contribution in [2.75, 3.05) is 7.11 Å². The van der Waals surface area contributed by atoms with Gasteiger partial charge in [-0.25, -0.2) is 0 Å². The topological polar surface area (TPSA) is 29.5 Å². The monoisotopic (exact) mass is 312 g/mol. The molecule has 0 radical (unpaired) electrons. The van der Waals surface area contributed by atoms with Crippen LogP contribution in [0, 0.1) is 0 Å². The minimum Gasteiger partial charge on any atom is -0.497 e. The van der Waals surface area contributed by atoms with E-state index < -0.39 is 5.60 Å². The van der Waals surface area contributed by atoms with Crippen LogP contribution in [0.25, 0.3) is 0 Å². The van der Waals surface area contributed by atoms with Gasteiger partial charge in [-0.2, -0.15) is 0 Å². The van der Waals surface area contributed by atoms with E-state index in [1.54, 1.807) is 7.11 Å². The molecule has 0 bridgehead atoms. The highest BCUT2D eigenvalue weighted by Gasteiger charge is 2.28. The molecule has 0 heterocycles. The van der Waals surface area contributed by atoms with E-state index in [0.29, 0.717) is 6.42 Å². The van der Waals surface area contributed by atoms with Crippen molar-refractivity contribution >= 4 is 15.9 Å². The first-order valence-electron chi connectivity index (χ1n) is 6.68. The van der Waals surface area contributed by atoms with E-state index in [-0.39, 0.29) is 0 Å². The molecular weight excluding hydrogens is 292 g/mol. The van der Waals surface area contributed by atoms with Crippen molar-refractivity contribution in [1.29, 1.82) is 0 Å². The normalized spacial score (nSPS) is 19.3. The Labute approximate surface area is 117 Å². The first kappa shape index (κ1) is 13.9. The molecule has 100 valence electrons. The Kier molecular flexibility index (Phi) is 4.68. The van der Waals surface area contributed by atoms with Crippen molar-refractivity contribution in [3.05, 3.63) is 28.2 Å². The molecule has 0 amide bonds. The lowest BCUT2D eigenvalue weighted by Crippen LogP contribution is -2.30. The molecular formula is C15H21BrO2. The second-order valence-electron chi connectivity index (χ2n) is 5.27. The molecule has 1 aliphatic rings. The van der Waals surface area contributed by atoms with Crippen LogP contribution in [0.3, 0.4) is 0 Å². The second kappa shape index (κ2) is 6.07. The lowest BCUT2D eigenvalue weighted by molar-refractivity contribution is 0.0251. The molecule has 1 aromatic rings. The van der Waals surface area contributed by atoms with Gasteiger partial charge in [0.05, 0.1) is 12.7 Å². The Morgan fingerprint density at radius 3 is 2.50 bits per heavy atom. The third-order valence-electron chi connectivity index (χ3n) is 3.81. The minimum atomic E-state index is -0.536. The quantitative estimate of drug-likeness (QED) is 0.852. The average molecular weight is 313 g/mol. The number of rotatable bonds is 3. The summed E-state index contributed by atoms with van der Waals surface area (Å²) in [4.78, 5) is 0. The predicted molar refractivity (Wildman–Crippen MR) is 77.0 cm³/mol. The first-order chi connectivity index (χ1) is 8.63. The summed E-state index contributed by atoms with van der Waals surface area (Å²) in [5.74, 6) is 0.852. The van der Waals surface area contributed by atoms with Crippen molar-refractivity contribution < 1.29 is 9.84 Å². The smallest absolute Gasteiger partial charge is 0.119 e. The summed E-state index contributed by atoms with van der Waals surface area (Å²) in [5.41, 5.74) is 0.601. The summed E-state index contributed by atoms with van der Waals surface area (Å²) in [6.07, 6.45) is 7.32. The van der Waals surface area contributed by atoms with Gasteiger partial charge in [-0.05, 0) is 36.6 Å². The molecule has 0 aliphatic heterocycles. The van der Waals surface area contributed by atoms with Crippen LogP contribution in [0.15, 0.2) is 22.7 Å². The summed E-state index contributed by atoms with van der Waals surface area (Å²) >= 11 is 3.56. The van der Waals surface area contributed by atoms with Crippen LogP contribution in [-0.2, 0) is 6.42 Å². The van der Waals surface area contributed by atoms with Gasteiger partial charge in [0.15, 0.2) is 0 Å². The largest absolute Gasteiger partial charge is 0.497 e. The van der Waals surface area contributed by atoms with Gasteiger partial charge in [0.25, 0.3) is 0 Å².